The number of pyridine rings is 1. The third kappa shape index (κ3) is 4.15. The molecule has 3 rings (SSSR count). The lowest BCUT2D eigenvalue weighted by atomic mass is 9.97. The van der Waals surface area contributed by atoms with E-state index in [0.717, 1.165) is 16.7 Å². The van der Waals surface area contributed by atoms with Gasteiger partial charge in [0.25, 0.3) is 5.56 Å². The molecule has 5 nitrogen and oxygen atoms in total. The lowest BCUT2D eigenvalue weighted by Gasteiger charge is -2.14. The van der Waals surface area contributed by atoms with E-state index < -0.39 is 6.10 Å². The zero-order chi connectivity index (χ0) is 20.4. The van der Waals surface area contributed by atoms with E-state index in [1.54, 1.807) is 37.4 Å². The largest absolute Gasteiger partial charge is 0.392 e. The van der Waals surface area contributed by atoms with E-state index in [1.807, 2.05) is 20.8 Å². The summed E-state index contributed by atoms with van der Waals surface area (Å²) in [6.45, 7) is 7.96. The predicted octanol–water partition coefficient (Wildman–Crippen LogP) is 3.49. The summed E-state index contributed by atoms with van der Waals surface area (Å²) in [5.74, 6) is -0.115. The molecule has 0 spiro atoms. The topological polar surface area (TPSA) is 71.3 Å². The van der Waals surface area contributed by atoms with Crippen molar-refractivity contribution >= 4 is 22.4 Å². The number of benzene rings is 2. The second-order valence-electron chi connectivity index (χ2n) is 7.49. The zero-order valence-electron chi connectivity index (χ0n) is 16.7. The van der Waals surface area contributed by atoms with Crippen LogP contribution in [0.25, 0.3) is 10.8 Å². The molecule has 28 heavy (non-hydrogen) atoms. The van der Waals surface area contributed by atoms with Crippen LogP contribution in [0.5, 0.6) is 0 Å². The Morgan fingerprint density at radius 2 is 1.79 bits per heavy atom. The fourth-order valence-electron chi connectivity index (χ4n) is 3.70. The molecule has 1 amide bonds. The SMILES string of the molecule is Cc1cc(C)c(CC(=O)Nc2cccc3c(=O)n(CC(C)O)ccc23)c(C)c1. The van der Waals surface area contributed by atoms with Crippen LogP contribution in [0.1, 0.15) is 29.2 Å². The number of aromatic nitrogens is 1. The van der Waals surface area contributed by atoms with Crippen LogP contribution in [0.2, 0.25) is 0 Å². The number of aliphatic hydroxyl groups excluding tert-OH is 1. The fraction of sp³-hybridized carbons (Fsp3) is 0.304. The molecule has 0 aliphatic rings. The van der Waals surface area contributed by atoms with E-state index in [2.05, 4.69) is 17.4 Å². The van der Waals surface area contributed by atoms with Gasteiger partial charge >= 0.3 is 0 Å². The standard InChI is InChI=1S/C23H26N2O3/c1-14-10-15(2)20(16(3)11-14)12-22(27)24-21-7-5-6-19-18(21)8-9-25(23(19)28)13-17(4)26/h5-11,17,26H,12-13H2,1-4H3,(H,24,27). The van der Waals surface area contributed by atoms with Crippen molar-refractivity contribution in [1.29, 1.82) is 0 Å². The van der Waals surface area contributed by atoms with Crippen molar-refractivity contribution in [1.82, 2.24) is 4.57 Å². The predicted molar refractivity (Wildman–Crippen MR) is 113 cm³/mol. The van der Waals surface area contributed by atoms with Gasteiger partial charge in [-0.15, -0.1) is 0 Å². The van der Waals surface area contributed by atoms with Crippen molar-refractivity contribution in [3.63, 3.8) is 0 Å². The molecule has 0 fully saturated rings. The number of carbonyl (C=O) groups is 1. The molecule has 2 aromatic carbocycles. The van der Waals surface area contributed by atoms with E-state index in [-0.39, 0.29) is 24.4 Å². The molecule has 0 bridgehead atoms. The highest BCUT2D eigenvalue weighted by molar-refractivity contribution is 6.02. The molecule has 1 heterocycles. The normalized spacial score (nSPS) is 12.2. The highest BCUT2D eigenvalue weighted by Gasteiger charge is 2.13. The molecular weight excluding hydrogens is 352 g/mol. The van der Waals surface area contributed by atoms with Gasteiger partial charge in [-0.05, 0) is 62.6 Å². The monoisotopic (exact) mass is 378 g/mol. The van der Waals surface area contributed by atoms with Gasteiger partial charge in [0.05, 0.1) is 19.1 Å². The Bertz CT molecular complexity index is 1070. The Morgan fingerprint density at radius 1 is 1.11 bits per heavy atom. The van der Waals surface area contributed by atoms with Crippen molar-refractivity contribution in [3.8, 4) is 0 Å². The molecule has 3 aromatic rings. The quantitative estimate of drug-likeness (QED) is 0.714. The van der Waals surface area contributed by atoms with Gasteiger partial charge in [0.2, 0.25) is 5.91 Å². The summed E-state index contributed by atoms with van der Waals surface area (Å²) in [6.07, 6.45) is 1.33. The summed E-state index contributed by atoms with van der Waals surface area (Å²) in [7, 11) is 0. The van der Waals surface area contributed by atoms with Gasteiger partial charge in [0.1, 0.15) is 0 Å². The third-order valence-corrected chi connectivity index (χ3v) is 4.93. The molecule has 1 atom stereocenters. The number of rotatable bonds is 5. The lowest BCUT2D eigenvalue weighted by Crippen LogP contribution is -2.25. The molecule has 146 valence electrons. The molecule has 2 N–H and O–H groups in total. The van der Waals surface area contributed by atoms with E-state index in [0.29, 0.717) is 16.5 Å². The van der Waals surface area contributed by atoms with E-state index in [4.69, 9.17) is 0 Å². The number of amides is 1. The van der Waals surface area contributed by atoms with Gasteiger partial charge in [0, 0.05) is 22.7 Å². The first-order valence-corrected chi connectivity index (χ1v) is 9.43. The van der Waals surface area contributed by atoms with Crippen LogP contribution in [0.15, 0.2) is 47.4 Å². The van der Waals surface area contributed by atoms with Crippen molar-refractivity contribution in [2.75, 3.05) is 5.32 Å². The second kappa shape index (κ2) is 7.98. The second-order valence-corrected chi connectivity index (χ2v) is 7.49. The summed E-state index contributed by atoms with van der Waals surface area (Å²) in [5, 5.41) is 13.7. The van der Waals surface area contributed by atoms with Gasteiger partial charge in [-0.2, -0.15) is 0 Å². The van der Waals surface area contributed by atoms with Crippen molar-refractivity contribution < 1.29 is 9.90 Å². The number of fused-ring (bicyclic) bond motifs is 1. The van der Waals surface area contributed by atoms with E-state index >= 15 is 0 Å². The highest BCUT2D eigenvalue weighted by Crippen LogP contribution is 2.22. The van der Waals surface area contributed by atoms with Gasteiger partial charge in [-0.3, -0.25) is 9.59 Å². The number of anilines is 1. The molecule has 0 aliphatic carbocycles. The first kappa shape index (κ1) is 19.8. The van der Waals surface area contributed by atoms with Gasteiger partial charge in [-0.25, -0.2) is 0 Å². The minimum Gasteiger partial charge on any atom is -0.392 e. The zero-order valence-corrected chi connectivity index (χ0v) is 16.7. The maximum absolute atomic E-state index is 12.7. The van der Waals surface area contributed by atoms with Crippen LogP contribution in [0.3, 0.4) is 0 Å². The van der Waals surface area contributed by atoms with Crippen molar-refractivity contribution in [2.24, 2.45) is 0 Å². The lowest BCUT2D eigenvalue weighted by molar-refractivity contribution is -0.115. The third-order valence-electron chi connectivity index (χ3n) is 4.93. The number of hydrogen-bond acceptors (Lipinski definition) is 3. The molecule has 0 radical (unpaired) electrons. The van der Waals surface area contributed by atoms with Crippen molar-refractivity contribution in [2.45, 2.75) is 46.8 Å². The Kier molecular flexibility index (Phi) is 5.66. The average molecular weight is 378 g/mol. The molecule has 5 heteroatoms. The van der Waals surface area contributed by atoms with Crippen molar-refractivity contribution in [3.05, 3.63) is 75.2 Å². The maximum Gasteiger partial charge on any atom is 0.258 e. The number of nitrogens with zero attached hydrogens (tertiary/aromatic N) is 1. The first-order valence-electron chi connectivity index (χ1n) is 9.43. The summed E-state index contributed by atoms with van der Waals surface area (Å²) >= 11 is 0. The highest BCUT2D eigenvalue weighted by atomic mass is 16.3. The first-order chi connectivity index (χ1) is 13.3. The van der Waals surface area contributed by atoms with Gasteiger partial charge in [-0.1, -0.05) is 23.8 Å². The molecule has 0 saturated carbocycles. The van der Waals surface area contributed by atoms with Crippen LogP contribution in [-0.4, -0.2) is 21.7 Å². The van der Waals surface area contributed by atoms with Crippen LogP contribution >= 0.6 is 0 Å². The molecule has 1 aromatic heterocycles. The Balaban J connectivity index is 1.89. The minimum atomic E-state index is -0.612. The fourth-order valence-corrected chi connectivity index (χ4v) is 3.70. The molecule has 0 saturated heterocycles. The van der Waals surface area contributed by atoms with Crippen LogP contribution < -0.4 is 10.9 Å². The summed E-state index contributed by atoms with van der Waals surface area (Å²) < 4.78 is 1.48. The minimum absolute atomic E-state index is 0.115. The van der Waals surface area contributed by atoms with E-state index in [1.165, 1.54) is 10.1 Å². The van der Waals surface area contributed by atoms with E-state index in [9.17, 15) is 14.7 Å². The van der Waals surface area contributed by atoms with Gasteiger partial charge < -0.3 is 15.0 Å². The Hall–Kier alpha value is -2.92. The number of aryl methyl sites for hydroxylation is 3. The Labute approximate surface area is 164 Å². The Morgan fingerprint density at radius 3 is 2.43 bits per heavy atom. The number of hydrogen-bond donors (Lipinski definition) is 2. The number of aliphatic hydroxyl groups is 1. The molecule has 1 unspecified atom stereocenters. The van der Waals surface area contributed by atoms with Crippen LogP contribution in [0.4, 0.5) is 5.69 Å². The summed E-state index contributed by atoms with van der Waals surface area (Å²) in [5.41, 5.74) is 4.86. The number of nitrogens with one attached hydrogen (secondary N) is 1. The average Bonchev–Trinajstić information content (AvgIpc) is 2.60. The molecular formula is C23H26N2O3. The van der Waals surface area contributed by atoms with Crippen LogP contribution in [-0.2, 0) is 17.8 Å². The van der Waals surface area contributed by atoms with Crippen LogP contribution in [0, 0.1) is 20.8 Å². The summed E-state index contributed by atoms with van der Waals surface area (Å²) in [6, 6.07) is 11.3. The maximum atomic E-state index is 12.7. The summed E-state index contributed by atoms with van der Waals surface area (Å²) in [4.78, 5) is 25.3. The smallest absolute Gasteiger partial charge is 0.258 e. The molecule has 0 aliphatic heterocycles. The number of carbonyl (C=O) groups excluding carboxylic acids is 1. The van der Waals surface area contributed by atoms with Gasteiger partial charge in [0.15, 0.2) is 0 Å².